The van der Waals surface area contributed by atoms with Crippen LogP contribution in [0.25, 0.3) is 5.52 Å². The van der Waals surface area contributed by atoms with Gasteiger partial charge in [0.05, 0.1) is 36.1 Å². The molecule has 26 heavy (non-hydrogen) atoms. The number of hydrogen-bond donors (Lipinski definition) is 1. The summed E-state index contributed by atoms with van der Waals surface area (Å²) < 4.78 is 26.7. The van der Waals surface area contributed by atoms with Crippen molar-refractivity contribution in [2.24, 2.45) is 0 Å². The van der Waals surface area contributed by atoms with Crippen LogP contribution in [0.1, 0.15) is 21.7 Å². The van der Waals surface area contributed by atoms with Crippen molar-refractivity contribution in [3.8, 4) is 11.5 Å². The van der Waals surface area contributed by atoms with Gasteiger partial charge in [-0.3, -0.25) is 9.78 Å². The molecule has 1 N–H and O–H groups in total. The third-order valence-corrected chi connectivity index (χ3v) is 4.74. The highest BCUT2D eigenvalue weighted by Crippen LogP contribution is 2.28. The average molecular weight is 422 g/mol. The van der Waals surface area contributed by atoms with E-state index < -0.39 is 11.7 Å². The standard InChI is InChI=1S/C18H17BrFN3O3/c1-10-9-23-13(8-21-10)15(19)16(20)17(23)18(24)22-7-11-4-5-12(25-2)6-14(11)26-3/h4-6,8-9H,7H2,1-3H3,(H,22,24). The highest BCUT2D eigenvalue weighted by molar-refractivity contribution is 9.10. The van der Waals surface area contributed by atoms with Gasteiger partial charge in [-0.05, 0) is 35.0 Å². The Morgan fingerprint density at radius 2 is 2.12 bits per heavy atom. The summed E-state index contributed by atoms with van der Waals surface area (Å²) in [6.45, 7) is 1.95. The van der Waals surface area contributed by atoms with Crippen LogP contribution in [0.15, 0.2) is 35.1 Å². The summed E-state index contributed by atoms with van der Waals surface area (Å²) >= 11 is 3.18. The van der Waals surface area contributed by atoms with E-state index in [1.165, 1.54) is 17.7 Å². The van der Waals surface area contributed by atoms with E-state index >= 15 is 0 Å². The number of nitrogens with one attached hydrogen (secondary N) is 1. The molecule has 0 fully saturated rings. The maximum Gasteiger partial charge on any atom is 0.271 e. The minimum absolute atomic E-state index is 0.0788. The lowest BCUT2D eigenvalue weighted by molar-refractivity contribution is 0.0940. The Morgan fingerprint density at radius 3 is 2.81 bits per heavy atom. The first kappa shape index (κ1) is 18.2. The number of methoxy groups -OCH3 is 2. The molecular weight excluding hydrogens is 405 g/mol. The van der Waals surface area contributed by atoms with Crippen LogP contribution in [-0.4, -0.2) is 29.5 Å². The average Bonchev–Trinajstić information content (AvgIpc) is 2.89. The number of hydrogen-bond acceptors (Lipinski definition) is 4. The second kappa shape index (κ2) is 7.33. The van der Waals surface area contributed by atoms with Gasteiger partial charge in [0.1, 0.15) is 17.2 Å². The van der Waals surface area contributed by atoms with Gasteiger partial charge in [0, 0.05) is 24.4 Å². The lowest BCUT2D eigenvalue weighted by Gasteiger charge is -2.11. The van der Waals surface area contributed by atoms with Gasteiger partial charge in [-0.15, -0.1) is 0 Å². The van der Waals surface area contributed by atoms with Crippen LogP contribution in [-0.2, 0) is 6.54 Å². The summed E-state index contributed by atoms with van der Waals surface area (Å²) in [5, 5.41) is 2.73. The van der Waals surface area contributed by atoms with E-state index in [9.17, 15) is 9.18 Å². The van der Waals surface area contributed by atoms with Gasteiger partial charge in [-0.1, -0.05) is 0 Å². The molecule has 3 rings (SSSR count). The molecule has 0 radical (unpaired) electrons. The summed E-state index contributed by atoms with van der Waals surface area (Å²) in [6, 6.07) is 5.28. The Morgan fingerprint density at radius 1 is 1.35 bits per heavy atom. The zero-order chi connectivity index (χ0) is 18.8. The van der Waals surface area contributed by atoms with E-state index in [1.54, 1.807) is 38.4 Å². The maximum atomic E-state index is 14.6. The van der Waals surface area contributed by atoms with E-state index in [1.807, 2.05) is 0 Å². The van der Waals surface area contributed by atoms with Gasteiger partial charge in [-0.25, -0.2) is 4.39 Å². The smallest absolute Gasteiger partial charge is 0.271 e. The third kappa shape index (κ3) is 3.24. The Labute approximate surface area is 158 Å². The number of aryl methyl sites for hydroxylation is 1. The molecule has 2 heterocycles. The summed E-state index contributed by atoms with van der Waals surface area (Å²) in [7, 11) is 3.10. The van der Waals surface area contributed by atoms with Crippen LogP contribution in [0.3, 0.4) is 0 Å². The lowest BCUT2D eigenvalue weighted by Crippen LogP contribution is -2.25. The number of benzene rings is 1. The second-order valence-corrected chi connectivity index (χ2v) is 6.41. The molecule has 0 aliphatic carbocycles. The van der Waals surface area contributed by atoms with Crippen LogP contribution in [0.2, 0.25) is 0 Å². The summed E-state index contributed by atoms with van der Waals surface area (Å²) in [6.07, 6.45) is 3.14. The molecular formula is C18H17BrFN3O3. The SMILES string of the molecule is COc1ccc(CNC(=O)c2c(F)c(Br)c3cnc(C)cn23)c(OC)c1. The molecule has 6 nitrogen and oxygen atoms in total. The predicted octanol–water partition coefficient (Wildman–Crippen LogP) is 3.49. The zero-order valence-corrected chi connectivity index (χ0v) is 16.1. The van der Waals surface area contributed by atoms with Crippen molar-refractivity contribution in [1.29, 1.82) is 0 Å². The molecule has 2 aromatic heterocycles. The highest BCUT2D eigenvalue weighted by atomic mass is 79.9. The number of nitrogens with zero attached hydrogens (tertiary/aromatic N) is 2. The van der Waals surface area contributed by atoms with Crippen LogP contribution in [0.4, 0.5) is 4.39 Å². The number of amides is 1. The number of ether oxygens (including phenoxy) is 2. The number of halogens is 2. The van der Waals surface area contributed by atoms with Gasteiger partial charge < -0.3 is 19.2 Å². The van der Waals surface area contributed by atoms with E-state index in [4.69, 9.17) is 9.47 Å². The quantitative estimate of drug-likeness (QED) is 0.684. The highest BCUT2D eigenvalue weighted by Gasteiger charge is 2.23. The molecule has 136 valence electrons. The van der Waals surface area contributed by atoms with Crippen molar-refractivity contribution in [3.05, 3.63) is 57.8 Å². The van der Waals surface area contributed by atoms with Gasteiger partial charge in [-0.2, -0.15) is 0 Å². The molecule has 0 aliphatic rings. The minimum Gasteiger partial charge on any atom is -0.497 e. The fraction of sp³-hybridized carbons (Fsp3) is 0.222. The van der Waals surface area contributed by atoms with E-state index in [0.29, 0.717) is 22.7 Å². The summed E-state index contributed by atoms with van der Waals surface area (Å²) in [4.78, 5) is 16.8. The Bertz CT molecular complexity index is 987. The molecule has 0 saturated carbocycles. The van der Waals surface area contributed by atoms with Gasteiger partial charge >= 0.3 is 0 Å². The van der Waals surface area contributed by atoms with Crippen molar-refractivity contribution < 1.29 is 18.7 Å². The number of carbonyl (C=O) groups is 1. The van der Waals surface area contributed by atoms with E-state index in [0.717, 1.165) is 5.56 Å². The van der Waals surface area contributed by atoms with Crippen molar-refractivity contribution in [1.82, 2.24) is 14.7 Å². The van der Waals surface area contributed by atoms with Crippen LogP contribution in [0, 0.1) is 12.7 Å². The molecule has 0 saturated heterocycles. The van der Waals surface area contributed by atoms with Crippen LogP contribution < -0.4 is 14.8 Å². The molecule has 0 unspecified atom stereocenters. The molecule has 0 spiro atoms. The molecule has 0 atom stereocenters. The Kier molecular flexibility index (Phi) is 5.13. The first-order valence-electron chi connectivity index (χ1n) is 7.77. The number of aromatic nitrogens is 2. The predicted molar refractivity (Wildman–Crippen MR) is 98.3 cm³/mol. The summed E-state index contributed by atoms with van der Waals surface area (Å²) in [5.74, 6) is 0.0575. The molecule has 1 aromatic carbocycles. The summed E-state index contributed by atoms with van der Waals surface area (Å²) in [5.41, 5.74) is 1.83. The van der Waals surface area contributed by atoms with Crippen molar-refractivity contribution in [2.45, 2.75) is 13.5 Å². The molecule has 8 heteroatoms. The van der Waals surface area contributed by atoms with Crippen molar-refractivity contribution >= 4 is 27.4 Å². The maximum absolute atomic E-state index is 14.6. The van der Waals surface area contributed by atoms with Crippen molar-refractivity contribution in [3.63, 3.8) is 0 Å². The van der Waals surface area contributed by atoms with Gasteiger partial charge in [0.15, 0.2) is 5.82 Å². The topological polar surface area (TPSA) is 64.9 Å². The molecule has 0 bridgehead atoms. The first-order chi connectivity index (χ1) is 12.5. The Balaban J connectivity index is 1.89. The monoisotopic (exact) mass is 421 g/mol. The first-order valence-corrected chi connectivity index (χ1v) is 8.56. The largest absolute Gasteiger partial charge is 0.497 e. The molecule has 1 amide bonds. The van der Waals surface area contributed by atoms with Crippen LogP contribution >= 0.6 is 15.9 Å². The number of rotatable bonds is 5. The fourth-order valence-electron chi connectivity index (χ4n) is 2.65. The zero-order valence-electron chi connectivity index (χ0n) is 14.5. The molecule has 3 aromatic rings. The van der Waals surface area contributed by atoms with Gasteiger partial charge in [0.2, 0.25) is 0 Å². The second-order valence-electron chi connectivity index (χ2n) is 5.62. The third-order valence-electron chi connectivity index (χ3n) is 3.98. The fourth-order valence-corrected chi connectivity index (χ4v) is 3.13. The lowest BCUT2D eigenvalue weighted by atomic mass is 10.2. The normalized spacial score (nSPS) is 10.8. The number of carbonyl (C=O) groups excluding carboxylic acids is 1. The minimum atomic E-state index is -0.628. The van der Waals surface area contributed by atoms with E-state index in [2.05, 4.69) is 26.2 Å². The van der Waals surface area contributed by atoms with E-state index in [-0.39, 0.29) is 16.7 Å². The van der Waals surface area contributed by atoms with Gasteiger partial charge in [0.25, 0.3) is 5.91 Å². The van der Waals surface area contributed by atoms with Crippen LogP contribution in [0.5, 0.6) is 11.5 Å². The molecule has 0 aliphatic heterocycles. The Hall–Kier alpha value is -2.61. The van der Waals surface area contributed by atoms with Crippen molar-refractivity contribution in [2.75, 3.05) is 14.2 Å². The number of fused-ring (bicyclic) bond motifs is 1.